The molecule has 57 heavy (non-hydrogen) atoms. The van der Waals surface area contributed by atoms with Gasteiger partial charge in [-0.05, 0) is 112 Å². The van der Waals surface area contributed by atoms with Crippen molar-refractivity contribution in [1.29, 1.82) is 0 Å². The van der Waals surface area contributed by atoms with E-state index in [0.29, 0.717) is 0 Å². The molecule has 0 saturated carbocycles. The molecule has 0 aliphatic carbocycles. The van der Waals surface area contributed by atoms with Gasteiger partial charge in [0.1, 0.15) is 0 Å². The Balaban J connectivity index is 1.17. The molecule has 9 aromatic carbocycles. The Morgan fingerprint density at radius 2 is 0.930 bits per heavy atom. The maximum absolute atomic E-state index is 4.35. The van der Waals surface area contributed by atoms with Crippen LogP contribution in [-0.2, 0) is 0 Å². The summed E-state index contributed by atoms with van der Waals surface area (Å²) in [5.41, 5.74) is 12.3. The van der Waals surface area contributed by atoms with Gasteiger partial charge in [-0.15, -0.1) is 0 Å². The van der Waals surface area contributed by atoms with Crippen LogP contribution < -0.4 is 9.80 Å². The van der Waals surface area contributed by atoms with Crippen molar-refractivity contribution in [3.05, 3.63) is 219 Å². The van der Waals surface area contributed by atoms with E-state index in [2.05, 4.69) is 220 Å². The summed E-state index contributed by atoms with van der Waals surface area (Å²) in [4.78, 5) is 9.13. The van der Waals surface area contributed by atoms with Gasteiger partial charge in [0, 0.05) is 62.7 Å². The van der Waals surface area contributed by atoms with Gasteiger partial charge in [-0.2, -0.15) is 0 Å². The highest BCUT2D eigenvalue weighted by atomic mass is 15.2. The largest absolute Gasteiger partial charge is 0.310 e. The molecule has 0 unspecified atom stereocenters. The smallest absolute Gasteiger partial charge is 0.0568 e. The SMILES string of the molecule is c1ccc(N(c2ccc(-c3cccnc3)cc2)c2cc3ccc4cc(N(c5ccccc5)c5cccc6ccccc56)cc5c4c3c(c2)n5-c2ccccc2)cc1. The van der Waals surface area contributed by atoms with E-state index in [4.69, 9.17) is 0 Å². The topological polar surface area (TPSA) is 24.3 Å². The molecule has 4 nitrogen and oxygen atoms in total. The normalized spacial score (nSPS) is 11.5. The summed E-state index contributed by atoms with van der Waals surface area (Å²) in [5, 5.41) is 7.35. The summed E-state index contributed by atoms with van der Waals surface area (Å²) in [6.07, 6.45) is 3.73. The van der Waals surface area contributed by atoms with E-state index >= 15 is 0 Å². The molecule has 0 N–H and O–H groups in total. The van der Waals surface area contributed by atoms with Crippen LogP contribution in [-0.4, -0.2) is 9.55 Å². The van der Waals surface area contributed by atoms with Gasteiger partial charge < -0.3 is 14.4 Å². The summed E-state index contributed by atoms with van der Waals surface area (Å²) in [7, 11) is 0. The van der Waals surface area contributed by atoms with Crippen LogP contribution in [0.25, 0.3) is 60.2 Å². The zero-order chi connectivity index (χ0) is 37.7. The molecule has 2 heterocycles. The number of benzene rings is 9. The average Bonchev–Trinajstić information content (AvgIpc) is 3.62. The monoisotopic (exact) mass is 728 g/mol. The average molecular weight is 729 g/mol. The standard InChI is InChI=1S/C53H36N4/c1-4-17-42(18-5-1)55(45-29-27-37(28-30-45)41-16-13-31-54-36-41)46-32-39-25-26-40-33-47(35-51-53(40)52(39)50(34-46)57(51)44-21-8-3-9-22-44)56(43-19-6-2-7-20-43)49-24-12-15-38-14-10-11-23-48(38)49/h1-36H. The summed E-state index contributed by atoms with van der Waals surface area (Å²) >= 11 is 0. The van der Waals surface area contributed by atoms with Gasteiger partial charge in [-0.25, -0.2) is 0 Å². The maximum Gasteiger partial charge on any atom is 0.0568 e. The van der Waals surface area contributed by atoms with Crippen molar-refractivity contribution >= 4 is 77.5 Å². The van der Waals surface area contributed by atoms with Crippen LogP contribution in [0.5, 0.6) is 0 Å². The van der Waals surface area contributed by atoms with Crippen molar-refractivity contribution in [2.75, 3.05) is 9.80 Å². The minimum Gasteiger partial charge on any atom is -0.310 e. The number of para-hydroxylation sites is 3. The Hall–Kier alpha value is -7.69. The zero-order valence-electron chi connectivity index (χ0n) is 31.1. The summed E-state index contributed by atoms with van der Waals surface area (Å²) < 4.78 is 2.46. The number of anilines is 6. The van der Waals surface area contributed by atoms with Crippen molar-refractivity contribution in [2.45, 2.75) is 0 Å². The second-order valence-corrected chi connectivity index (χ2v) is 14.5. The minimum absolute atomic E-state index is 1.08. The van der Waals surface area contributed by atoms with Crippen LogP contribution in [0.2, 0.25) is 0 Å². The van der Waals surface area contributed by atoms with Gasteiger partial charge in [0.2, 0.25) is 0 Å². The lowest BCUT2D eigenvalue weighted by Gasteiger charge is -2.27. The number of nitrogens with zero attached hydrogens (tertiary/aromatic N) is 4. The molecule has 0 atom stereocenters. The zero-order valence-corrected chi connectivity index (χ0v) is 31.1. The van der Waals surface area contributed by atoms with Crippen LogP contribution in [0.4, 0.5) is 34.1 Å². The first kappa shape index (κ1) is 32.7. The highest BCUT2D eigenvalue weighted by Gasteiger charge is 2.24. The lowest BCUT2D eigenvalue weighted by Crippen LogP contribution is -2.10. The molecule has 0 radical (unpaired) electrons. The molecule has 11 rings (SSSR count). The van der Waals surface area contributed by atoms with Gasteiger partial charge >= 0.3 is 0 Å². The minimum atomic E-state index is 1.08. The van der Waals surface area contributed by atoms with Crippen LogP contribution >= 0.6 is 0 Å². The Morgan fingerprint density at radius 3 is 1.58 bits per heavy atom. The molecule has 11 aromatic rings. The molecule has 268 valence electrons. The fourth-order valence-corrected chi connectivity index (χ4v) is 8.62. The van der Waals surface area contributed by atoms with E-state index < -0.39 is 0 Å². The van der Waals surface area contributed by atoms with Crippen LogP contribution in [0.15, 0.2) is 219 Å². The molecule has 0 saturated heterocycles. The number of hydrogen-bond donors (Lipinski definition) is 0. The molecular formula is C53H36N4. The third-order valence-corrected chi connectivity index (χ3v) is 11.1. The van der Waals surface area contributed by atoms with Crippen molar-refractivity contribution in [3.8, 4) is 16.8 Å². The third-order valence-electron chi connectivity index (χ3n) is 11.1. The molecule has 0 bridgehead atoms. The number of aromatic nitrogens is 2. The van der Waals surface area contributed by atoms with Crippen molar-refractivity contribution in [3.63, 3.8) is 0 Å². The van der Waals surface area contributed by atoms with Crippen LogP contribution in [0, 0.1) is 0 Å². The third kappa shape index (κ3) is 5.58. The molecular weight excluding hydrogens is 693 g/mol. The number of fused-ring (bicyclic) bond motifs is 1. The molecule has 4 heteroatoms. The van der Waals surface area contributed by atoms with E-state index in [9.17, 15) is 0 Å². The molecule has 2 aromatic heterocycles. The van der Waals surface area contributed by atoms with E-state index in [1.165, 1.54) is 37.8 Å². The maximum atomic E-state index is 4.35. The number of pyridine rings is 1. The quantitative estimate of drug-likeness (QED) is 0.146. The Labute approximate surface area is 331 Å². The lowest BCUT2D eigenvalue weighted by atomic mass is 9.99. The second-order valence-electron chi connectivity index (χ2n) is 14.5. The summed E-state index contributed by atoms with van der Waals surface area (Å²) in [5.74, 6) is 0. The Bertz CT molecular complexity index is 3150. The second kappa shape index (κ2) is 13.6. The number of hydrogen-bond acceptors (Lipinski definition) is 3. The first-order valence-corrected chi connectivity index (χ1v) is 19.4. The van der Waals surface area contributed by atoms with E-state index in [-0.39, 0.29) is 0 Å². The molecule has 0 amide bonds. The lowest BCUT2D eigenvalue weighted by molar-refractivity contribution is 1.17. The molecule has 0 aliphatic heterocycles. The molecule has 0 fully saturated rings. The van der Waals surface area contributed by atoms with Gasteiger partial charge in [0.05, 0.1) is 16.7 Å². The van der Waals surface area contributed by atoms with E-state index in [1.54, 1.807) is 0 Å². The van der Waals surface area contributed by atoms with E-state index in [0.717, 1.165) is 56.5 Å². The summed E-state index contributed by atoms with van der Waals surface area (Å²) in [6, 6.07) is 74.4. The van der Waals surface area contributed by atoms with Crippen LogP contribution in [0.3, 0.4) is 0 Å². The summed E-state index contributed by atoms with van der Waals surface area (Å²) in [6.45, 7) is 0. The molecule has 0 aliphatic rings. The fraction of sp³-hybridized carbons (Fsp3) is 0. The highest BCUT2D eigenvalue weighted by molar-refractivity contribution is 6.26. The Kier molecular flexibility index (Phi) is 7.78. The predicted molar refractivity (Wildman–Crippen MR) is 240 cm³/mol. The predicted octanol–water partition coefficient (Wildman–Crippen LogP) is 14.5. The van der Waals surface area contributed by atoms with Gasteiger partial charge in [-0.3, -0.25) is 4.98 Å². The first-order valence-electron chi connectivity index (χ1n) is 19.4. The van der Waals surface area contributed by atoms with Crippen molar-refractivity contribution < 1.29 is 0 Å². The fourth-order valence-electron chi connectivity index (χ4n) is 8.62. The van der Waals surface area contributed by atoms with Crippen molar-refractivity contribution in [2.24, 2.45) is 0 Å². The highest BCUT2D eigenvalue weighted by Crippen LogP contribution is 2.47. The molecule has 0 spiro atoms. The Morgan fingerprint density at radius 1 is 0.368 bits per heavy atom. The van der Waals surface area contributed by atoms with Gasteiger partial charge in [0.25, 0.3) is 0 Å². The van der Waals surface area contributed by atoms with Crippen molar-refractivity contribution in [1.82, 2.24) is 9.55 Å². The number of rotatable bonds is 8. The van der Waals surface area contributed by atoms with E-state index in [1.807, 2.05) is 18.5 Å². The first-order chi connectivity index (χ1) is 28.3. The van der Waals surface area contributed by atoms with Gasteiger partial charge in [-0.1, -0.05) is 121 Å². The van der Waals surface area contributed by atoms with Crippen LogP contribution in [0.1, 0.15) is 0 Å². The van der Waals surface area contributed by atoms with Gasteiger partial charge in [0.15, 0.2) is 0 Å².